The molecule has 1 amide bonds. The van der Waals surface area contributed by atoms with Crippen molar-refractivity contribution in [3.8, 4) is 16.9 Å². The second-order valence-corrected chi connectivity index (χ2v) is 15.8. The van der Waals surface area contributed by atoms with Gasteiger partial charge < -0.3 is 24.1 Å². The molecular weight excluding hydrogens is 783 g/mol. The molecule has 1 aliphatic carbocycles. The molecule has 0 spiro atoms. The highest BCUT2D eigenvalue weighted by molar-refractivity contribution is 5.82. The zero-order valence-corrected chi connectivity index (χ0v) is 35.0. The van der Waals surface area contributed by atoms with E-state index in [2.05, 4.69) is 89.6 Å². The Hall–Kier alpha value is -7.71. The molecule has 0 fully saturated rings. The first kappa shape index (κ1) is 40.7. The number of fused-ring (bicyclic) bond motifs is 3. The summed E-state index contributed by atoms with van der Waals surface area (Å²) in [6.07, 6.45) is 3.07. The SMILES string of the molecule is Cc1ccc(COc2ccc(COC(=O)[C@@H](Cc3cn(C(c4ccccc4)(c4ccccc4)c4ccccc4)cn3)NC(=O)OCC3c4ccccc4-c4ccccc43)cc2)cc1. The van der Waals surface area contributed by atoms with E-state index >= 15 is 0 Å². The molecule has 0 aliphatic heterocycles. The monoisotopic (exact) mass is 829 g/mol. The summed E-state index contributed by atoms with van der Waals surface area (Å²) in [4.78, 5) is 32.7. The number of carbonyl (C=O) groups is 2. The van der Waals surface area contributed by atoms with Gasteiger partial charge in [-0.3, -0.25) is 0 Å². The Kier molecular flexibility index (Phi) is 11.9. The van der Waals surface area contributed by atoms with Gasteiger partial charge in [0, 0.05) is 18.5 Å². The van der Waals surface area contributed by atoms with Gasteiger partial charge in [0.15, 0.2) is 0 Å². The van der Waals surface area contributed by atoms with Gasteiger partial charge in [0.25, 0.3) is 0 Å². The van der Waals surface area contributed by atoms with E-state index in [0.717, 1.165) is 50.1 Å². The Morgan fingerprint density at radius 1 is 0.619 bits per heavy atom. The van der Waals surface area contributed by atoms with E-state index in [0.29, 0.717) is 18.1 Å². The van der Waals surface area contributed by atoms with E-state index < -0.39 is 23.6 Å². The zero-order chi connectivity index (χ0) is 43.0. The van der Waals surface area contributed by atoms with Crippen LogP contribution in [0.15, 0.2) is 201 Å². The number of imidazole rings is 1. The summed E-state index contributed by atoms with van der Waals surface area (Å²) >= 11 is 0. The van der Waals surface area contributed by atoms with E-state index in [1.807, 2.05) is 121 Å². The molecule has 8 nitrogen and oxygen atoms in total. The molecule has 0 saturated heterocycles. The average molecular weight is 830 g/mol. The van der Waals surface area contributed by atoms with Crippen molar-refractivity contribution in [2.24, 2.45) is 0 Å². The number of aryl methyl sites for hydroxylation is 1. The predicted octanol–water partition coefficient (Wildman–Crippen LogP) is 10.8. The molecule has 312 valence electrons. The first-order valence-corrected chi connectivity index (χ1v) is 21.2. The topological polar surface area (TPSA) is 91.7 Å². The third-order valence-electron chi connectivity index (χ3n) is 11.8. The molecule has 8 heteroatoms. The molecular formula is C55H47N3O5. The number of aromatic nitrogens is 2. The number of amides is 1. The summed E-state index contributed by atoms with van der Waals surface area (Å²) in [5.41, 5.74) is 10.4. The van der Waals surface area contributed by atoms with Crippen LogP contribution in [0.25, 0.3) is 11.1 Å². The number of carbonyl (C=O) groups excluding carboxylic acids is 2. The Bertz CT molecular complexity index is 2650. The van der Waals surface area contributed by atoms with Gasteiger partial charge in [-0.15, -0.1) is 0 Å². The number of hydrogen-bond acceptors (Lipinski definition) is 6. The minimum Gasteiger partial charge on any atom is -0.489 e. The van der Waals surface area contributed by atoms with Crippen molar-refractivity contribution in [2.45, 2.75) is 44.1 Å². The Morgan fingerprint density at radius 3 is 1.70 bits per heavy atom. The fraction of sp³-hybridized carbons (Fsp3) is 0.145. The summed E-state index contributed by atoms with van der Waals surface area (Å²) in [5.74, 6) is -0.0537. The molecule has 1 N–H and O–H groups in total. The highest BCUT2D eigenvalue weighted by atomic mass is 16.6. The van der Waals surface area contributed by atoms with Crippen molar-refractivity contribution in [1.82, 2.24) is 14.9 Å². The smallest absolute Gasteiger partial charge is 0.407 e. The lowest BCUT2D eigenvalue weighted by Crippen LogP contribution is -2.44. The minimum atomic E-state index is -1.11. The van der Waals surface area contributed by atoms with Gasteiger partial charge in [0.05, 0.1) is 12.0 Å². The van der Waals surface area contributed by atoms with Gasteiger partial charge in [-0.05, 0) is 69.1 Å². The number of ether oxygens (including phenoxy) is 3. The van der Waals surface area contributed by atoms with Crippen LogP contribution < -0.4 is 10.1 Å². The molecule has 1 aromatic heterocycles. The Balaban J connectivity index is 0.966. The molecule has 0 bridgehead atoms. The van der Waals surface area contributed by atoms with Crippen LogP contribution in [0.1, 0.15) is 56.1 Å². The van der Waals surface area contributed by atoms with Gasteiger partial charge >= 0.3 is 12.1 Å². The van der Waals surface area contributed by atoms with Crippen molar-refractivity contribution in [1.29, 1.82) is 0 Å². The minimum absolute atomic E-state index is 0.00643. The molecule has 1 aliphatic rings. The first-order chi connectivity index (χ1) is 31.0. The number of hydrogen-bond donors (Lipinski definition) is 1. The maximum atomic E-state index is 14.1. The van der Waals surface area contributed by atoms with Crippen molar-refractivity contribution in [3.63, 3.8) is 0 Å². The fourth-order valence-corrected chi connectivity index (χ4v) is 8.61. The molecule has 63 heavy (non-hydrogen) atoms. The third-order valence-corrected chi connectivity index (χ3v) is 11.8. The van der Waals surface area contributed by atoms with Crippen LogP contribution in [0.3, 0.4) is 0 Å². The third kappa shape index (κ3) is 8.74. The summed E-state index contributed by atoms with van der Waals surface area (Å²) in [6, 6.07) is 61.8. The lowest BCUT2D eigenvalue weighted by Gasteiger charge is -2.37. The predicted molar refractivity (Wildman–Crippen MR) is 244 cm³/mol. The van der Waals surface area contributed by atoms with Gasteiger partial charge in [-0.2, -0.15) is 0 Å². The van der Waals surface area contributed by atoms with Crippen molar-refractivity contribution < 1.29 is 23.8 Å². The number of nitrogens with one attached hydrogen (secondary N) is 1. The van der Waals surface area contributed by atoms with Gasteiger partial charge in [-0.1, -0.05) is 181 Å². The van der Waals surface area contributed by atoms with Gasteiger partial charge in [0.2, 0.25) is 0 Å². The summed E-state index contributed by atoms with van der Waals surface area (Å²) in [6.45, 7) is 2.59. The van der Waals surface area contributed by atoms with Gasteiger partial charge in [0.1, 0.15) is 37.2 Å². The van der Waals surface area contributed by atoms with E-state index in [1.165, 1.54) is 5.56 Å². The summed E-state index contributed by atoms with van der Waals surface area (Å²) in [5, 5.41) is 2.86. The lowest BCUT2D eigenvalue weighted by molar-refractivity contribution is -0.147. The lowest BCUT2D eigenvalue weighted by atomic mass is 9.77. The van der Waals surface area contributed by atoms with E-state index in [1.54, 1.807) is 6.33 Å². The quantitative estimate of drug-likeness (QED) is 0.0817. The van der Waals surface area contributed by atoms with Crippen LogP contribution in [-0.2, 0) is 39.4 Å². The van der Waals surface area contributed by atoms with Crippen LogP contribution in [0, 0.1) is 6.92 Å². The molecule has 1 atom stereocenters. The van der Waals surface area contributed by atoms with Crippen LogP contribution >= 0.6 is 0 Å². The number of alkyl carbamates (subject to hydrolysis) is 1. The van der Waals surface area contributed by atoms with Crippen molar-refractivity contribution in [2.75, 3.05) is 6.61 Å². The number of esters is 1. The highest BCUT2D eigenvalue weighted by Gasteiger charge is 2.39. The average Bonchev–Trinajstić information content (AvgIpc) is 3.94. The van der Waals surface area contributed by atoms with Crippen LogP contribution in [0.5, 0.6) is 5.75 Å². The van der Waals surface area contributed by atoms with Crippen LogP contribution in [0.2, 0.25) is 0 Å². The van der Waals surface area contributed by atoms with Crippen molar-refractivity contribution in [3.05, 3.63) is 251 Å². The molecule has 1 heterocycles. The van der Waals surface area contributed by atoms with E-state index in [9.17, 15) is 9.59 Å². The molecule has 0 radical (unpaired) electrons. The first-order valence-electron chi connectivity index (χ1n) is 21.2. The van der Waals surface area contributed by atoms with E-state index in [4.69, 9.17) is 19.2 Å². The molecule has 0 saturated carbocycles. The Labute approximate surface area is 367 Å². The molecule has 0 unspecified atom stereocenters. The van der Waals surface area contributed by atoms with Crippen LogP contribution in [0.4, 0.5) is 4.79 Å². The largest absolute Gasteiger partial charge is 0.489 e. The van der Waals surface area contributed by atoms with Gasteiger partial charge in [-0.25, -0.2) is 14.6 Å². The maximum absolute atomic E-state index is 14.1. The normalized spacial score (nSPS) is 12.5. The standard InChI is InChI=1S/C55H47N3O5/c1-39-25-27-40(28-26-39)35-61-46-31-29-41(30-32-46)36-62-53(59)52(57-54(60)63-37-51-49-23-13-11-21-47(49)48-22-12-14-24-50(48)51)33-45-34-58(38-56-45)55(42-15-5-2-6-16-42,43-17-7-3-8-18-43)44-19-9-4-10-20-44/h2-32,34,38,51-52H,33,35-37H2,1H3,(H,57,60)/t52-/m1/s1. The van der Waals surface area contributed by atoms with E-state index in [-0.39, 0.29) is 25.6 Å². The van der Waals surface area contributed by atoms with Crippen molar-refractivity contribution >= 4 is 12.1 Å². The van der Waals surface area contributed by atoms with Crippen LogP contribution in [-0.4, -0.2) is 34.3 Å². The Morgan fingerprint density at radius 2 is 1.13 bits per heavy atom. The number of benzene rings is 7. The fourth-order valence-electron chi connectivity index (χ4n) is 8.61. The summed E-state index contributed by atoms with van der Waals surface area (Å²) < 4.78 is 19.9. The number of rotatable bonds is 15. The second kappa shape index (κ2) is 18.5. The molecule has 8 aromatic rings. The molecule has 7 aromatic carbocycles. The highest BCUT2D eigenvalue weighted by Crippen LogP contribution is 2.45. The maximum Gasteiger partial charge on any atom is 0.407 e. The number of nitrogens with zero attached hydrogens (tertiary/aromatic N) is 2. The second-order valence-electron chi connectivity index (χ2n) is 15.8. The molecule has 9 rings (SSSR count). The zero-order valence-electron chi connectivity index (χ0n) is 35.0. The summed E-state index contributed by atoms with van der Waals surface area (Å²) in [7, 11) is 0.